The fraction of sp³-hybridized carbons (Fsp3) is 0.158. The van der Waals surface area contributed by atoms with E-state index in [1.807, 2.05) is 49.4 Å². The summed E-state index contributed by atoms with van der Waals surface area (Å²) >= 11 is 1.27. The second-order valence-electron chi connectivity index (χ2n) is 5.97. The van der Waals surface area contributed by atoms with Crippen LogP contribution in [0.1, 0.15) is 18.7 Å². The van der Waals surface area contributed by atoms with Gasteiger partial charge in [0, 0.05) is 23.3 Å². The number of hydrogen-bond donors (Lipinski definition) is 2. The van der Waals surface area contributed by atoms with Crippen molar-refractivity contribution in [3.63, 3.8) is 0 Å². The van der Waals surface area contributed by atoms with Crippen molar-refractivity contribution in [1.82, 2.24) is 25.5 Å². The summed E-state index contributed by atoms with van der Waals surface area (Å²) in [5.74, 6) is 1.49. The molecule has 0 aliphatic heterocycles. The number of amides is 1. The van der Waals surface area contributed by atoms with Crippen LogP contribution >= 0.6 is 11.8 Å². The molecule has 1 amide bonds. The second-order valence-corrected chi connectivity index (χ2v) is 6.91. The van der Waals surface area contributed by atoms with Gasteiger partial charge in [-0.05, 0) is 31.2 Å². The summed E-state index contributed by atoms with van der Waals surface area (Å²) in [4.78, 5) is 20.6. The third-order valence-electron chi connectivity index (χ3n) is 4.00. The Morgan fingerprint density at radius 2 is 2.07 bits per heavy atom. The molecular formula is C19H17N5O2S. The molecule has 3 heterocycles. The number of pyridine rings is 1. The smallest absolute Gasteiger partial charge is 0.231 e. The fourth-order valence-electron chi connectivity index (χ4n) is 2.65. The molecule has 0 spiro atoms. The first-order valence-corrected chi connectivity index (χ1v) is 9.41. The number of hydrogen-bond acceptors (Lipinski definition) is 6. The number of carbonyl (C=O) groups is 1. The van der Waals surface area contributed by atoms with E-state index in [0.29, 0.717) is 11.0 Å². The Morgan fingerprint density at radius 1 is 1.26 bits per heavy atom. The number of thioether (sulfide) groups is 1. The molecule has 136 valence electrons. The molecule has 7 nitrogen and oxygen atoms in total. The zero-order valence-corrected chi connectivity index (χ0v) is 15.4. The number of carbonyl (C=O) groups excluding carboxylic acids is 1. The van der Waals surface area contributed by atoms with Gasteiger partial charge in [0.1, 0.15) is 11.3 Å². The van der Waals surface area contributed by atoms with E-state index in [9.17, 15) is 4.79 Å². The van der Waals surface area contributed by atoms with E-state index in [-0.39, 0.29) is 17.7 Å². The lowest BCUT2D eigenvalue weighted by Crippen LogP contribution is -2.27. The van der Waals surface area contributed by atoms with Crippen LogP contribution in [-0.4, -0.2) is 31.8 Å². The lowest BCUT2D eigenvalue weighted by molar-refractivity contribution is -0.119. The van der Waals surface area contributed by atoms with E-state index < -0.39 is 0 Å². The average Bonchev–Trinajstić information content (AvgIpc) is 3.34. The minimum atomic E-state index is -0.218. The monoisotopic (exact) mass is 379 g/mol. The number of aromatic amines is 1. The van der Waals surface area contributed by atoms with E-state index in [4.69, 9.17) is 4.42 Å². The topological polar surface area (TPSA) is 96.7 Å². The maximum absolute atomic E-state index is 12.2. The molecule has 0 saturated carbocycles. The number of nitrogens with zero attached hydrogens (tertiary/aromatic N) is 3. The lowest BCUT2D eigenvalue weighted by atomic mass is 10.2. The first kappa shape index (κ1) is 17.3. The van der Waals surface area contributed by atoms with E-state index in [1.54, 1.807) is 12.4 Å². The van der Waals surface area contributed by atoms with E-state index in [2.05, 4.69) is 25.5 Å². The molecule has 0 aliphatic rings. The third-order valence-corrected chi connectivity index (χ3v) is 4.85. The molecule has 0 unspecified atom stereocenters. The number of nitrogens with one attached hydrogen (secondary N) is 2. The van der Waals surface area contributed by atoms with Gasteiger partial charge in [0.2, 0.25) is 11.1 Å². The molecule has 4 aromatic rings. The molecule has 0 radical (unpaired) electrons. The quantitative estimate of drug-likeness (QED) is 0.497. The molecule has 27 heavy (non-hydrogen) atoms. The van der Waals surface area contributed by atoms with Crippen molar-refractivity contribution < 1.29 is 9.21 Å². The van der Waals surface area contributed by atoms with Crippen LogP contribution in [0.5, 0.6) is 0 Å². The Labute approximate surface area is 159 Å². The highest BCUT2D eigenvalue weighted by atomic mass is 32.2. The van der Waals surface area contributed by atoms with Gasteiger partial charge in [0.15, 0.2) is 5.82 Å². The fourth-order valence-corrected chi connectivity index (χ4v) is 3.26. The Morgan fingerprint density at radius 3 is 2.89 bits per heavy atom. The van der Waals surface area contributed by atoms with Crippen LogP contribution in [0.25, 0.3) is 22.4 Å². The number of furan rings is 1. The Kier molecular flexibility index (Phi) is 4.88. The number of fused-ring (bicyclic) bond motifs is 1. The first-order valence-electron chi connectivity index (χ1n) is 8.42. The summed E-state index contributed by atoms with van der Waals surface area (Å²) in [5, 5.41) is 11.5. The summed E-state index contributed by atoms with van der Waals surface area (Å²) in [6, 6.07) is 13.2. The van der Waals surface area contributed by atoms with Gasteiger partial charge in [-0.1, -0.05) is 30.0 Å². The Balaban J connectivity index is 1.33. The van der Waals surface area contributed by atoms with Crippen molar-refractivity contribution in [1.29, 1.82) is 0 Å². The molecular weight excluding hydrogens is 362 g/mol. The van der Waals surface area contributed by atoms with Gasteiger partial charge in [-0.2, -0.15) is 0 Å². The van der Waals surface area contributed by atoms with Gasteiger partial charge < -0.3 is 9.73 Å². The van der Waals surface area contributed by atoms with Crippen molar-refractivity contribution in [2.45, 2.75) is 18.1 Å². The van der Waals surface area contributed by atoms with Crippen molar-refractivity contribution in [2.24, 2.45) is 0 Å². The number of para-hydroxylation sites is 1. The van der Waals surface area contributed by atoms with Gasteiger partial charge >= 0.3 is 0 Å². The second kappa shape index (κ2) is 7.63. The summed E-state index contributed by atoms with van der Waals surface area (Å²) in [7, 11) is 0. The number of benzene rings is 1. The van der Waals surface area contributed by atoms with Crippen LogP contribution in [0.2, 0.25) is 0 Å². The minimum Gasteiger partial charge on any atom is -0.459 e. The third kappa shape index (κ3) is 4.01. The zero-order chi connectivity index (χ0) is 18.6. The highest BCUT2D eigenvalue weighted by Crippen LogP contribution is 2.24. The maximum atomic E-state index is 12.2. The van der Waals surface area contributed by atoms with Gasteiger partial charge in [0.25, 0.3) is 0 Å². The summed E-state index contributed by atoms with van der Waals surface area (Å²) in [5.41, 5.74) is 1.71. The SMILES string of the molecule is C[C@@H](NC(=O)CSc1n[nH]c(-c2ccncc2)n1)c1cc2ccccc2o1. The molecule has 2 N–H and O–H groups in total. The van der Waals surface area contributed by atoms with Gasteiger partial charge in [-0.25, -0.2) is 4.98 Å². The maximum Gasteiger partial charge on any atom is 0.231 e. The largest absolute Gasteiger partial charge is 0.459 e. The van der Waals surface area contributed by atoms with Gasteiger partial charge in [-0.3, -0.25) is 14.9 Å². The molecule has 0 fully saturated rings. The summed E-state index contributed by atoms with van der Waals surface area (Å²) in [6.07, 6.45) is 3.38. The predicted octanol–water partition coefficient (Wildman–Crippen LogP) is 3.58. The highest BCUT2D eigenvalue weighted by molar-refractivity contribution is 7.99. The van der Waals surface area contributed by atoms with Crippen LogP contribution in [0.4, 0.5) is 0 Å². The molecule has 8 heteroatoms. The molecule has 0 bridgehead atoms. The Hall–Kier alpha value is -3.13. The molecule has 1 aromatic carbocycles. The lowest BCUT2D eigenvalue weighted by Gasteiger charge is -2.10. The molecule has 3 aromatic heterocycles. The minimum absolute atomic E-state index is 0.108. The molecule has 0 aliphatic carbocycles. The van der Waals surface area contributed by atoms with E-state index in [1.165, 1.54) is 11.8 Å². The first-order chi connectivity index (χ1) is 13.2. The van der Waals surface area contributed by atoms with E-state index in [0.717, 1.165) is 22.3 Å². The summed E-state index contributed by atoms with van der Waals surface area (Å²) in [6.45, 7) is 1.90. The van der Waals surface area contributed by atoms with Gasteiger partial charge in [0.05, 0.1) is 11.8 Å². The summed E-state index contributed by atoms with van der Waals surface area (Å²) < 4.78 is 5.79. The van der Waals surface area contributed by atoms with Crippen molar-refractivity contribution >= 4 is 28.6 Å². The molecule has 4 rings (SSSR count). The van der Waals surface area contributed by atoms with Crippen LogP contribution in [0.3, 0.4) is 0 Å². The molecule has 0 saturated heterocycles. The number of aromatic nitrogens is 4. The normalized spacial score (nSPS) is 12.2. The van der Waals surface area contributed by atoms with Crippen molar-refractivity contribution in [3.05, 3.63) is 60.6 Å². The van der Waals surface area contributed by atoms with Crippen LogP contribution < -0.4 is 5.32 Å². The molecule has 1 atom stereocenters. The van der Waals surface area contributed by atoms with Crippen molar-refractivity contribution in [2.75, 3.05) is 5.75 Å². The van der Waals surface area contributed by atoms with E-state index >= 15 is 0 Å². The number of rotatable bonds is 6. The average molecular weight is 379 g/mol. The van der Waals surface area contributed by atoms with Gasteiger partial charge in [-0.15, -0.1) is 5.10 Å². The predicted molar refractivity (Wildman–Crippen MR) is 103 cm³/mol. The van der Waals surface area contributed by atoms with Crippen molar-refractivity contribution in [3.8, 4) is 11.4 Å². The highest BCUT2D eigenvalue weighted by Gasteiger charge is 2.15. The standard InChI is InChI=1S/C19H17N5O2S/c1-12(16-10-14-4-2-3-5-15(14)26-16)21-17(25)11-27-19-22-18(23-24-19)13-6-8-20-9-7-13/h2-10,12H,11H2,1H3,(H,21,25)(H,22,23,24)/t12-/m1/s1. The van der Waals surface area contributed by atoms with Crippen LogP contribution in [0, 0.1) is 0 Å². The number of H-pyrrole nitrogens is 1. The van der Waals surface area contributed by atoms with Crippen LogP contribution in [-0.2, 0) is 4.79 Å². The Bertz CT molecular complexity index is 1030. The zero-order valence-electron chi connectivity index (χ0n) is 14.5. The van der Waals surface area contributed by atoms with Crippen LogP contribution in [0.15, 0.2) is 64.4 Å².